The predicted molar refractivity (Wildman–Crippen MR) is 83.6 cm³/mol. The molecule has 0 radical (unpaired) electrons. The zero-order chi connectivity index (χ0) is 16.4. The van der Waals surface area contributed by atoms with Crippen LogP contribution in [0.4, 0.5) is 4.39 Å². The molecule has 0 N–H and O–H groups in total. The summed E-state index contributed by atoms with van der Waals surface area (Å²) in [4.78, 5) is 14.4. The minimum Gasteiger partial charge on any atom is -0.381 e. The van der Waals surface area contributed by atoms with Gasteiger partial charge in [-0.25, -0.2) is 4.39 Å². The van der Waals surface area contributed by atoms with Gasteiger partial charge >= 0.3 is 0 Å². The van der Waals surface area contributed by atoms with E-state index in [4.69, 9.17) is 4.74 Å². The van der Waals surface area contributed by atoms with Gasteiger partial charge in [0, 0.05) is 39.4 Å². The van der Waals surface area contributed by atoms with Crippen molar-refractivity contribution >= 4 is 5.91 Å². The highest BCUT2D eigenvalue weighted by Crippen LogP contribution is 2.27. The van der Waals surface area contributed by atoms with Gasteiger partial charge in [-0.15, -0.1) is 0 Å². The van der Waals surface area contributed by atoms with Crippen LogP contribution in [0.3, 0.4) is 0 Å². The van der Waals surface area contributed by atoms with E-state index in [2.05, 4.69) is 5.10 Å². The van der Waals surface area contributed by atoms with Gasteiger partial charge in [0.15, 0.2) is 0 Å². The fourth-order valence-corrected chi connectivity index (χ4v) is 2.86. The maximum absolute atomic E-state index is 13.0. The quantitative estimate of drug-likeness (QED) is 0.869. The van der Waals surface area contributed by atoms with Gasteiger partial charge in [-0.2, -0.15) is 5.10 Å². The Balaban J connectivity index is 1.78. The van der Waals surface area contributed by atoms with Crippen LogP contribution in [0.25, 0.3) is 0 Å². The van der Waals surface area contributed by atoms with Crippen molar-refractivity contribution in [3.63, 3.8) is 0 Å². The number of benzene rings is 1. The first-order valence-electron chi connectivity index (χ1n) is 7.66. The number of nitrogens with zero attached hydrogens (tertiary/aromatic N) is 3. The molecule has 1 fully saturated rings. The number of aromatic nitrogens is 2. The highest BCUT2D eigenvalue weighted by atomic mass is 19.1. The van der Waals surface area contributed by atoms with E-state index in [0.717, 1.165) is 17.7 Å². The van der Waals surface area contributed by atoms with E-state index in [1.165, 1.54) is 12.1 Å². The van der Waals surface area contributed by atoms with E-state index >= 15 is 0 Å². The number of carbonyl (C=O) groups is 1. The first-order valence-corrected chi connectivity index (χ1v) is 7.66. The number of hydrogen-bond donors (Lipinski definition) is 0. The molecule has 6 heteroatoms. The summed E-state index contributed by atoms with van der Waals surface area (Å²) in [7, 11) is 3.56. The fraction of sp³-hybridized carbons (Fsp3) is 0.412. The molecule has 0 saturated carbocycles. The van der Waals surface area contributed by atoms with Crippen LogP contribution >= 0.6 is 0 Å². The Kier molecular flexibility index (Phi) is 4.43. The molecule has 122 valence electrons. The van der Waals surface area contributed by atoms with Crippen LogP contribution in [0.5, 0.6) is 0 Å². The van der Waals surface area contributed by atoms with Crippen molar-refractivity contribution < 1.29 is 13.9 Å². The molecule has 1 atom stereocenters. The molecule has 3 rings (SSSR count). The summed E-state index contributed by atoms with van der Waals surface area (Å²) in [6.07, 6.45) is 2.65. The molecule has 2 heterocycles. The molecule has 5 nitrogen and oxygen atoms in total. The topological polar surface area (TPSA) is 47.4 Å². The molecule has 1 aliphatic heterocycles. The maximum Gasteiger partial charge on any atom is 0.257 e. The zero-order valence-electron chi connectivity index (χ0n) is 13.3. The lowest BCUT2D eigenvalue weighted by molar-refractivity contribution is 0.0783. The fourth-order valence-electron chi connectivity index (χ4n) is 2.86. The van der Waals surface area contributed by atoms with E-state index in [-0.39, 0.29) is 17.6 Å². The van der Waals surface area contributed by atoms with Gasteiger partial charge in [0.25, 0.3) is 5.91 Å². The third kappa shape index (κ3) is 3.42. The highest BCUT2D eigenvalue weighted by molar-refractivity contribution is 5.95. The molecule has 0 spiro atoms. The molecule has 1 aromatic heterocycles. The number of aryl methyl sites for hydroxylation is 1. The molecule has 0 unspecified atom stereocenters. The van der Waals surface area contributed by atoms with E-state index < -0.39 is 0 Å². The van der Waals surface area contributed by atoms with Crippen LogP contribution in [-0.2, 0) is 18.3 Å². The van der Waals surface area contributed by atoms with Crippen LogP contribution in [0.1, 0.15) is 34.0 Å². The first kappa shape index (κ1) is 15.7. The average molecular weight is 317 g/mol. The highest BCUT2D eigenvalue weighted by Gasteiger charge is 2.27. The number of halogens is 1. The number of carbonyl (C=O) groups excluding carboxylic acids is 1. The molecular weight excluding hydrogens is 297 g/mol. The van der Waals surface area contributed by atoms with Crippen molar-refractivity contribution in [3.05, 3.63) is 53.1 Å². The van der Waals surface area contributed by atoms with E-state index in [9.17, 15) is 9.18 Å². The molecule has 1 amide bonds. The second-order valence-electron chi connectivity index (χ2n) is 5.95. The SMILES string of the molecule is CN(Cc1ccc(F)cc1)C(=O)c1cn(C)nc1[C@@H]1CCOC1. The standard InChI is InChI=1S/C17H20FN3O2/c1-20(9-12-3-5-14(18)6-4-12)17(22)15-10-21(2)19-16(15)13-7-8-23-11-13/h3-6,10,13H,7-9,11H2,1-2H3/t13-/m1/s1. The Bertz CT molecular complexity index is 690. The number of ether oxygens (including phenoxy) is 1. The van der Waals surface area contributed by atoms with Crippen LogP contribution in [0, 0.1) is 5.82 Å². The van der Waals surface area contributed by atoms with Gasteiger partial charge in [-0.3, -0.25) is 9.48 Å². The van der Waals surface area contributed by atoms with Gasteiger partial charge in [0.2, 0.25) is 0 Å². The smallest absolute Gasteiger partial charge is 0.257 e. The Morgan fingerprint density at radius 1 is 1.43 bits per heavy atom. The zero-order valence-corrected chi connectivity index (χ0v) is 13.3. The van der Waals surface area contributed by atoms with Crippen molar-refractivity contribution in [1.29, 1.82) is 0 Å². The van der Waals surface area contributed by atoms with Crippen LogP contribution in [0.2, 0.25) is 0 Å². The minimum atomic E-state index is -0.279. The lowest BCUT2D eigenvalue weighted by Gasteiger charge is -2.18. The molecule has 1 saturated heterocycles. The summed E-state index contributed by atoms with van der Waals surface area (Å²) >= 11 is 0. The molecule has 23 heavy (non-hydrogen) atoms. The van der Waals surface area contributed by atoms with Gasteiger partial charge in [0.1, 0.15) is 5.82 Å². The average Bonchev–Trinajstić information content (AvgIpc) is 3.17. The first-order chi connectivity index (χ1) is 11.0. The van der Waals surface area contributed by atoms with Crippen molar-refractivity contribution in [2.24, 2.45) is 7.05 Å². The monoisotopic (exact) mass is 317 g/mol. The molecular formula is C17H20FN3O2. The largest absolute Gasteiger partial charge is 0.381 e. The van der Waals surface area contributed by atoms with Crippen molar-refractivity contribution in [2.75, 3.05) is 20.3 Å². The molecule has 0 bridgehead atoms. The molecule has 1 aliphatic rings. The van der Waals surface area contributed by atoms with Gasteiger partial charge in [-0.1, -0.05) is 12.1 Å². The second kappa shape index (κ2) is 6.50. The number of amides is 1. The molecule has 0 aliphatic carbocycles. The molecule has 2 aromatic rings. The summed E-state index contributed by atoms with van der Waals surface area (Å²) in [6.45, 7) is 1.74. The van der Waals surface area contributed by atoms with Crippen molar-refractivity contribution in [2.45, 2.75) is 18.9 Å². The van der Waals surface area contributed by atoms with Crippen LogP contribution in [-0.4, -0.2) is 40.8 Å². The molecule has 1 aromatic carbocycles. The van der Waals surface area contributed by atoms with Gasteiger partial charge < -0.3 is 9.64 Å². The Morgan fingerprint density at radius 2 is 2.17 bits per heavy atom. The summed E-state index contributed by atoms with van der Waals surface area (Å²) in [5, 5.41) is 4.45. The van der Waals surface area contributed by atoms with E-state index in [1.54, 1.807) is 35.0 Å². The normalized spacial score (nSPS) is 17.4. The minimum absolute atomic E-state index is 0.0793. The van der Waals surface area contributed by atoms with Crippen LogP contribution in [0.15, 0.2) is 30.5 Å². The summed E-state index contributed by atoms with van der Waals surface area (Å²) in [5.74, 6) is -0.183. The Hall–Kier alpha value is -2.21. The number of rotatable bonds is 4. The number of hydrogen-bond acceptors (Lipinski definition) is 3. The van der Waals surface area contributed by atoms with Crippen molar-refractivity contribution in [1.82, 2.24) is 14.7 Å². The lowest BCUT2D eigenvalue weighted by atomic mass is 10.0. The summed E-state index contributed by atoms with van der Waals surface area (Å²) in [6, 6.07) is 6.18. The van der Waals surface area contributed by atoms with Crippen molar-refractivity contribution in [3.8, 4) is 0 Å². The van der Waals surface area contributed by atoms with E-state index in [0.29, 0.717) is 25.3 Å². The lowest BCUT2D eigenvalue weighted by Crippen LogP contribution is -2.27. The Morgan fingerprint density at radius 3 is 2.83 bits per heavy atom. The van der Waals surface area contributed by atoms with Gasteiger partial charge in [0.05, 0.1) is 17.9 Å². The van der Waals surface area contributed by atoms with E-state index in [1.807, 2.05) is 7.05 Å². The third-order valence-corrected chi connectivity index (χ3v) is 4.08. The summed E-state index contributed by atoms with van der Waals surface area (Å²) < 4.78 is 20.1. The van der Waals surface area contributed by atoms with Crippen LogP contribution < -0.4 is 0 Å². The Labute approximate surface area is 134 Å². The predicted octanol–water partition coefficient (Wildman–Crippen LogP) is 2.34. The summed E-state index contributed by atoms with van der Waals surface area (Å²) in [5.41, 5.74) is 2.31. The maximum atomic E-state index is 13.0. The third-order valence-electron chi connectivity index (χ3n) is 4.08. The second-order valence-corrected chi connectivity index (χ2v) is 5.95. The van der Waals surface area contributed by atoms with Gasteiger partial charge in [-0.05, 0) is 24.1 Å².